The van der Waals surface area contributed by atoms with E-state index in [0.717, 1.165) is 6.42 Å². The third kappa shape index (κ3) is 2.40. The molecular formula is C14H18N2. The molecular weight excluding hydrogens is 196 g/mol. The Morgan fingerprint density at radius 1 is 1.12 bits per heavy atom. The van der Waals surface area contributed by atoms with Crippen molar-refractivity contribution < 1.29 is 0 Å². The number of benzene rings is 2. The van der Waals surface area contributed by atoms with Crippen LogP contribution < -0.4 is 11.1 Å². The molecule has 0 amide bonds. The minimum absolute atomic E-state index is 0.362. The first-order valence-corrected chi connectivity index (χ1v) is 5.68. The summed E-state index contributed by atoms with van der Waals surface area (Å²) in [5, 5.41) is 5.81. The maximum atomic E-state index is 5.68. The van der Waals surface area contributed by atoms with E-state index in [-0.39, 0.29) is 0 Å². The van der Waals surface area contributed by atoms with Crippen LogP contribution in [-0.2, 0) is 6.42 Å². The third-order valence-electron chi connectivity index (χ3n) is 2.99. The van der Waals surface area contributed by atoms with Crippen LogP contribution in [0.3, 0.4) is 0 Å². The van der Waals surface area contributed by atoms with Crippen molar-refractivity contribution in [2.24, 2.45) is 5.73 Å². The predicted octanol–water partition coefficient (Wildman–Crippen LogP) is 1.93. The first kappa shape index (κ1) is 11.1. The molecule has 0 saturated carbocycles. The van der Waals surface area contributed by atoms with Gasteiger partial charge in [0, 0.05) is 12.6 Å². The van der Waals surface area contributed by atoms with Crippen LogP contribution in [0, 0.1) is 0 Å². The first-order chi connectivity index (χ1) is 7.83. The van der Waals surface area contributed by atoms with E-state index in [0.29, 0.717) is 12.6 Å². The Hall–Kier alpha value is -1.38. The monoisotopic (exact) mass is 214 g/mol. The van der Waals surface area contributed by atoms with Gasteiger partial charge in [-0.1, -0.05) is 42.5 Å². The molecule has 0 aromatic heterocycles. The Labute approximate surface area is 96.5 Å². The third-order valence-corrected chi connectivity index (χ3v) is 2.99. The van der Waals surface area contributed by atoms with Gasteiger partial charge in [0.05, 0.1) is 0 Å². The van der Waals surface area contributed by atoms with Gasteiger partial charge < -0.3 is 11.1 Å². The van der Waals surface area contributed by atoms with Crippen LogP contribution in [0.1, 0.15) is 5.56 Å². The average molecular weight is 214 g/mol. The first-order valence-electron chi connectivity index (χ1n) is 5.68. The molecule has 0 radical (unpaired) electrons. The molecule has 2 aromatic carbocycles. The molecule has 0 unspecified atom stereocenters. The second-order valence-electron chi connectivity index (χ2n) is 4.11. The van der Waals surface area contributed by atoms with Gasteiger partial charge in [0.1, 0.15) is 0 Å². The van der Waals surface area contributed by atoms with E-state index in [1.54, 1.807) is 0 Å². The zero-order valence-electron chi connectivity index (χ0n) is 9.61. The van der Waals surface area contributed by atoms with E-state index >= 15 is 0 Å². The van der Waals surface area contributed by atoms with Crippen LogP contribution >= 0.6 is 0 Å². The van der Waals surface area contributed by atoms with Crippen LogP contribution in [0.25, 0.3) is 10.8 Å². The molecule has 0 heterocycles. The maximum Gasteiger partial charge on any atom is 0.0227 e. The van der Waals surface area contributed by atoms with Gasteiger partial charge in [0.25, 0.3) is 0 Å². The van der Waals surface area contributed by atoms with Crippen LogP contribution in [0.2, 0.25) is 0 Å². The van der Waals surface area contributed by atoms with E-state index < -0.39 is 0 Å². The lowest BCUT2D eigenvalue weighted by molar-refractivity contribution is 0.569. The molecule has 0 fully saturated rings. The number of nitrogens with two attached hydrogens (primary N) is 1. The van der Waals surface area contributed by atoms with E-state index in [2.05, 4.69) is 47.8 Å². The highest BCUT2D eigenvalue weighted by Gasteiger charge is 2.04. The lowest BCUT2D eigenvalue weighted by Gasteiger charge is -2.13. The fourth-order valence-electron chi connectivity index (χ4n) is 1.95. The van der Waals surface area contributed by atoms with Crippen LogP contribution in [0.4, 0.5) is 0 Å². The van der Waals surface area contributed by atoms with Crippen molar-refractivity contribution in [2.75, 3.05) is 13.6 Å². The van der Waals surface area contributed by atoms with Gasteiger partial charge in [-0.05, 0) is 29.8 Å². The summed E-state index contributed by atoms with van der Waals surface area (Å²) < 4.78 is 0. The molecule has 2 aromatic rings. The van der Waals surface area contributed by atoms with Gasteiger partial charge in [0.15, 0.2) is 0 Å². The standard InChI is InChI=1S/C14H18N2/c1-16-14(10-15)9-11-6-7-12-4-2-3-5-13(12)8-11/h2-8,14,16H,9-10,15H2,1H3/t14-/m1/s1. The quantitative estimate of drug-likeness (QED) is 0.816. The summed E-state index contributed by atoms with van der Waals surface area (Å²) in [4.78, 5) is 0. The van der Waals surface area contributed by atoms with Crippen LogP contribution in [0.15, 0.2) is 42.5 Å². The Morgan fingerprint density at radius 3 is 2.56 bits per heavy atom. The molecule has 2 rings (SSSR count). The number of hydrogen-bond acceptors (Lipinski definition) is 2. The summed E-state index contributed by atoms with van der Waals surface area (Å²) in [6.45, 7) is 0.670. The topological polar surface area (TPSA) is 38.0 Å². The van der Waals surface area contributed by atoms with Crippen molar-refractivity contribution in [2.45, 2.75) is 12.5 Å². The summed E-state index contributed by atoms with van der Waals surface area (Å²) >= 11 is 0. The summed E-state index contributed by atoms with van der Waals surface area (Å²) in [5.74, 6) is 0. The lowest BCUT2D eigenvalue weighted by Crippen LogP contribution is -2.35. The molecule has 0 bridgehead atoms. The highest BCUT2D eigenvalue weighted by molar-refractivity contribution is 5.82. The van der Waals surface area contributed by atoms with Gasteiger partial charge in [-0.15, -0.1) is 0 Å². The molecule has 84 valence electrons. The minimum Gasteiger partial charge on any atom is -0.329 e. The second kappa shape index (κ2) is 5.10. The predicted molar refractivity (Wildman–Crippen MR) is 69.6 cm³/mol. The number of hydrogen-bond donors (Lipinski definition) is 2. The largest absolute Gasteiger partial charge is 0.329 e. The van der Waals surface area contributed by atoms with Gasteiger partial charge in [0.2, 0.25) is 0 Å². The zero-order chi connectivity index (χ0) is 11.4. The molecule has 1 atom stereocenters. The van der Waals surface area contributed by atoms with E-state index in [4.69, 9.17) is 5.73 Å². The Kier molecular flexibility index (Phi) is 3.54. The molecule has 0 aliphatic carbocycles. The summed E-state index contributed by atoms with van der Waals surface area (Å²) in [6.07, 6.45) is 0.984. The Bertz CT molecular complexity index is 461. The number of fused-ring (bicyclic) bond motifs is 1. The number of rotatable bonds is 4. The zero-order valence-corrected chi connectivity index (χ0v) is 9.61. The molecule has 2 heteroatoms. The van der Waals surface area contributed by atoms with Crippen molar-refractivity contribution >= 4 is 10.8 Å². The number of nitrogens with one attached hydrogen (secondary N) is 1. The molecule has 16 heavy (non-hydrogen) atoms. The van der Waals surface area contributed by atoms with Crippen molar-refractivity contribution in [3.63, 3.8) is 0 Å². The van der Waals surface area contributed by atoms with Crippen LogP contribution in [-0.4, -0.2) is 19.6 Å². The van der Waals surface area contributed by atoms with Gasteiger partial charge >= 0.3 is 0 Å². The Morgan fingerprint density at radius 2 is 1.88 bits per heavy atom. The SMILES string of the molecule is CN[C@@H](CN)Cc1ccc2ccccc2c1. The minimum atomic E-state index is 0.362. The van der Waals surface area contributed by atoms with Crippen molar-refractivity contribution in [3.8, 4) is 0 Å². The highest BCUT2D eigenvalue weighted by Crippen LogP contribution is 2.16. The maximum absolute atomic E-state index is 5.68. The average Bonchev–Trinajstić information content (AvgIpc) is 2.35. The molecule has 0 aliphatic rings. The lowest BCUT2D eigenvalue weighted by atomic mass is 10.0. The molecule has 0 saturated heterocycles. The van der Waals surface area contributed by atoms with Gasteiger partial charge in [-0.2, -0.15) is 0 Å². The van der Waals surface area contributed by atoms with E-state index in [1.807, 2.05) is 7.05 Å². The highest BCUT2D eigenvalue weighted by atomic mass is 14.9. The van der Waals surface area contributed by atoms with Crippen molar-refractivity contribution in [1.29, 1.82) is 0 Å². The summed E-state index contributed by atoms with van der Waals surface area (Å²) in [6, 6.07) is 15.4. The smallest absolute Gasteiger partial charge is 0.0227 e. The van der Waals surface area contributed by atoms with Crippen LogP contribution in [0.5, 0.6) is 0 Å². The molecule has 3 N–H and O–H groups in total. The van der Waals surface area contributed by atoms with Crippen molar-refractivity contribution in [3.05, 3.63) is 48.0 Å². The van der Waals surface area contributed by atoms with Crippen molar-refractivity contribution in [1.82, 2.24) is 5.32 Å². The summed E-state index contributed by atoms with van der Waals surface area (Å²) in [5.41, 5.74) is 7.02. The normalized spacial score (nSPS) is 12.9. The number of likely N-dealkylation sites (N-methyl/N-ethyl adjacent to an activating group) is 1. The fraction of sp³-hybridized carbons (Fsp3) is 0.286. The van der Waals surface area contributed by atoms with Gasteiger partial charge in [-0.25, -0.2) is 0 Å². The molecule has 0 aliphatic heterocycles. The molecule has 0 spiro atoms. The van der Waals surface area contributed by atoms with E-state index in [9.17, 15) is 0 Å². The van der Waals surface area contributed by atoms with Gasteiger partial charge in [-0.3, -0.25) is 0 Å². The summed E-state index contributed by atoms with van der Waals surface area (Å²) in [7, 11) is 1.96. The second-order valence-corrected chi connectivity index (χ2v) is 4.11. The Balaban J connectivity index is 2.25. The van der Waals surface area contributed by atoms with E-state index in [1.165, 1.54) is 16.3 Å². The fourth-order valence-corrected chi connectivity index (χ4v) is 1.95. The molecule has 2 nitrogen and oxygen atoms in total.